The summed E-state index contributed by atoms with van der Waals surface area (Å²) in [5.41, 5.74) is 2.08. The van der Waals surface area contributed by atoms with Crippen LogP contribution in [0.1, 0.15) is 34.9 Å². The van der Waals surface area contributed by atoms with Crippen molar-refractivity contribution in [3.8, 4) is 11.1 Å². The van der Waals surface area contributed by atoms with Crippen LogP contribution in [-0.2, 0) is 25.8 Å². The molecule has 36 heavy (non-hydrogen) atoms. The van der Waals surface area contributed by atoms with Crippen molar-refractivity contribution in [2.75, 3.05) is 19.5 Å². The van der Waals surface area contributed by atoms with Gasteiger partial charge in [0.05, 0.1) is 22.6 Å². The van der Waals surface area contributed by atoms with Crippen LogP contribution in [0.5, 0.6) is 0 Å². The van der Waals surface area contributed by atoms with Crippen LogP contribution >= 0.6 is 11.3 Å². The summed E-state index contributed by atoms with van der Waals surface area (Å²) in [6, 6.07) is 8.47. The maximum absolute atomic E-state index is 13.3. The van der Waals surface area contributed by atoms with Gasteiger partial charge in [0.2, 0.25) is 23.6 Å². The minimum Gasteiger partial charge on any atom is -0.423 e. The predicted molar refractivity (Wildman–Crippen MR) is 129 cm³/mol. The lowest BCUT2D eigenvalue weighted by Crippen LogP contribution is -2.27. The van der Waals surface area contributed by atoms with Crippen LogP contribution in [-0.4, -0.2) is 60.0 Å². The standard InChI is InChI=1S/C23H22FN5O5S2/c1-33-8-9-36(31,32)21(22-29-28-20(34-22)11-19(30)26-15-4-5-15)23-27-16-6-2-13(10-17(16)35-23)14-3-7-18(24)25-12-14/h2-3,6-7,10,12,15,21H,4-5,8-9,11H2,1H3,(H,26,30). The van der Waals surface area contributed by atoms with Crippen LogP contribution in [0.15, 0.2) is 40.9 Å². The topological polar surface area (TPSA) is 137 Å². The SMILES string of the molecule is COCCS(=O)(=O)C(c1nnc(CC(=O)NC2CC2)o1)c1nc2ccc(-c3ccc(F)nc3)cc2s1. The number of pyridine rings is 1. The second-order valence-electron chi connectivity index (χ2n) is 8.40. The Hall–Kier alpha value is -3.29. The molecule has 5 rings (SSSR count). The number of rotatable bonds is 10. The number of hydrogen-bond donors (Lipinski definition) is 1. The molecule has 188 valence electrons. The highest BCUT2D eigenvalue weighted by molar-refractivity contribution is 7.92. The van der Waals surface area contributed by atoms with Gasteiger partial charge in [-0.05, 0) is 42.7 Å². The molecular weight excluding hydrogens is 509 g/mol. The number of aromatic nitrogens is 4. The van der Waals surface area contributed by atoms with Gasteiger partial charge in [0.25, 0.3) is 0 Å². The molecule has 1 atom stereocenters. The first kappa shape index (κ1) is 24.4. The second-order valence-corrected chi connectivity index (χ2v) is 11.7. The lowest BCUT2D eigenvalue weighted by atomic mass is 10.1. The summed E-state index contributed by atoms with van der Waals surface area (Å²) in [5, 5.41) is 9.65. The number of ether oxygens (including phenoxy) is 1. The van der Waals surface area contributed by atoms with Gasteiger partial charge in [-0.3, -0.25) is 4.79 Å². The minimum absolute atomic E-state index is 0.0176. The molecule has 0 bridgehead atoms. The van der Waals surface area contributed by atoms with E-state index in [9.17, 15) is 17.6 Å². The molecule has 1 aliphatic rings. The number of halogens is 1. The fourth-order valence-corrected chi connectivity index (χ4v) is 6.56. The van der Waals surface area contributed by atoms with Gasteiger partial charge in [-0.2, -0.15) is 4.39 Å². The molecule has 10 nitrogen and oxygen atoms in total. The van der Waals surface area contributed by atoms with Gasteiger partial charge in [0.1, 0.15) is 11.4 Å². The molecule has 1 aromatic carbocycles. The largest absolute Gasteiger partial charge is 0.423 e. The van der Waals surface area contributed by atoms with Crippen molar-refractivity contribution in [2.24, 2.45) is 0 Å². The highest BCUT2D eigenvalue weighted by atomic mass is 32.2. The van der Waals surface area contributed by atoms with Crippen LogP contribution in [0.25, 0.3) is 21.3 Å². The number of carbonyl (C=O) groups excluding carboxylic acids is 1. The highest BCUT2D eigenvalue weighted by Crippen LogP contribution is 2.37. The highest BCUT2D eigenvalue weighted by Gasteiger charge is 2.37. The van der Waals surface area contributed by atoms with Crippen molar-refractivity contribution in [3.63, 3.8) is 0 Å². The zero-order valence-corrected chi connectivity index (χ0v) is 20.8. The van der Waals surface area contributed by atoms with Gasteiger partial charge in [0.15, 0.2) is 15.1 Å². The summed E-state index contributed by atoms with van der Waals surface area (Å²) in [5.74, 6) is -1.23. The first-order valence-corrected chi connectivity index (χ1v) is 13.7. The first-order chi connectivity index (χ1) is 17.3. The van der Waals surface area contributed by atoms with Crippen LogP contribution in [0.4, 0.5) is 4.39 Å². The molecule has 1 N–H and O–H groups in total. The van der Waals surface area contributed by atoms with Crippen molar-refractivity contribution in [3.05, 3.63) is 59.3 Å². The van der Waals surface area contributed by atoms with E-state index >= 15 is 0 Å². The summed E-state index contributed by atoms with van der Waals surface area (Å²) < 4.78 is 51.2. The Bertz CT molecular complexity index is 1500. The van der Waals surface area contributed by atoms with E-state index in [-0.39, 0.29) is 47.5 Å². The van der Waals surface area contributed by atoms with E-state index in [1.54, 1.807) is 18.2 Å². The maximum atomic E-state index is 13.3. The van der Waals surface area contributed by atoms with Crippen LogP contribution in [0.3, 0.4) is 0 Å². The molecule has 0 aliphatic heterocycles. The number of fused-ring (bicyclic) bond motifs is 1. The van der Waals surface area contributed by atoms with E-state index in [0.29, 0.717) is 11.1 Å². The number of carbonyl (C=O) groups is 1. The average molecular weight is 532 g/mol. The van der Waals surface area contributed by atoms with Crippen molar-refractivity contribution < 1.29 is 26.8 Å². The second kappa shape index (κ2) is 9.99. The molecule has 1 amide bonds. The zero-order chi connectivity index (χ0) is 25.3. The normalized spacial score (nSPS) is 14.7. The van der Waals surface area contributed by atoms with E-state index in [1.807, 2.05) is 6.07 Å². The molecular formula is C23H22FN5O5S2. The van der Waals surface area contributed by atoms with Crippen molar-refractivity contribution >= 4 is 37.3 Å². The molecule has 1 aliphatic carbocycles. The Labute approximate surface area is 209 Å². The lowest BCUT2D eigenvalue weighted by molar-refractivity contribution is -0.120. The monoisotopic (exact) mass is 531 g/mol. The molecule has 4 aromatic rings. The Kier molecular flexibility index (Phi) is 6.77. The average Bonchev–Trinajstić information content (AvgIpc) is 3.38. The van der Waals surface area contributed by atoms with E-state index in [1.165, 1.54) is 30.7 Å². The summed E-state index contributed by atoms with van der Waals surface area (Å²) >= 11 is 1.18. The van der Waals surface area contributed by atoms with E-state index in [0.717, 1.165) is 23.1 Å². The van der Waals surface area contributed by atoms with E-state index in [2.05, 4.69) is 25.5 Å². The molecule has 13 heteroatoms. The molecule has 0 saturated heterocycles. The number of hydrogen-bond acceptors (Lipinski definition) is 10. The summed E-state index contributed by atoms with van der Waals surface area (Å²) in [7, 11) is -2.44. The van der Waals surface area contributed by atoms with Crippen molar-refractivity contribution in [2.45, 2.75) is 30.6 Å². The van der Waals surface area contributed by atoms with E-state index in [4.69, 9.17) is 9.15 Å². The smallest absolute Gasteiger partial charge is 0.241 e. The Balaban J connectivity index is 1.48. The third-order valence-electron chi connectivity index (χ3n) is 5.58. The number of benzene rings is 1. The number of nitrogens with one attached hydrogen (secondary N) is 1. The third kappa shape index (κ3) is 5.42. The molecule has 3 aromatic heterocycles. The van der Waals surface area contributed by atoms with E-state index < -0.39 is 21.0 Å². The first-order valence-electron chi connectivity index (χ1n) is 11.2. The number of nitrogens with zero attached hydrogens (tertiary/aromatic N) is 4. The Morgan fingerprint density at radius 3 is 2.78 bits per heavy atom. The molecule has 1 unspecified atom stereocenters. The number of methoxy groups -OCH3 is 1. The zero-order valence-electron chi connectivity index (χ0n) is 19.2. The number of thiazole rings is 1. The summed E-state index contributed by atoms with van der Waals surface area (Å²) in [6.07, 6.45) is 3.17. The maximum Gasteiger partial charge on any atom is 0.241 e. The minimum atomic E-state index is -3.86. The summed E-state index contributed by atoms with van der Waals surface area (Å²) in [6.45, 7) is -0.0176. The molecule has 3 heterocycles. The van der Waals surface area contributed by atoms with Crippen LogP contribution in [0.2, 0.25) is 0 Å². The van der Waals surface area contributed by atoms with Crippen molar-refractivity contribution in [1.82, 2.24) is 25.5 Å². The number of sulfone groups is 1. The van der Waals surface area contributed by atoms with Gasteiger partial charge in [-0.1, -0.05) is 6.07 Å². The quantitative estimate of drug-likeness (QED) is 0.306. The predicted octanol–water partition coefficient (Wildman–Crippen LogP) is 2.85. The van der Waals surface area contributed by atoms with Crippen LogP contribution < -0.4 is 5.32 Å². The van der Waals surface area contributed by atoms with Gasteiger partial charge < -0.3 is 14.5 Å². The fourth-order valence-electron chi connectivity index (χ4n) is 3.60. The number of amides is 1. The third-order valence-corrected chi connectivity index (χ3v) is 8.69. The van der Waals surface area contributed by atoms with Gasteiger partial charge in [-0.25, -0.2) is 18.4 Å². The lowest BCUT2D eigenvalue weighted by Gasteiger charge is -2.11. The van der Waals surface area contributed by atoms with Gasteiger partial charge in [-0.15, -0.1) is 21.5 Å². The Morgan fingerprint density at radius 1 is 1.25 bits per heavy atom. The van der Waals surface area contributed by atoms with Gasteiger partial charge in [0, 0.05) is 24.9 Å². The Morgan fingerprint density at radius 2 is 2.06 bits per heavy atom. The van der Waals surface area contributed by atoms with Crippen LogP contribution in [0, 0.1) is 5.95 Å². The molecule has 0 spiro atoms. The molecule has 0 radical (unpaired) electrons. The fraction of sp³-hybridized carbons (Fsp3) is 0.348. The summed E-state index contributed by atoms with van der Waals surface area (Å²) in [4.78, 5) is 20.4. The molecule has 1 fully saturated rings. The van der Waals surface area contributed by atoms with Crippen molar-refractivity contribution in [1.29, 1.82) is 0 Å². The molecule has 1 saturated carbocycles. The van der Waals surface area contributed by atoms with Gasteiger partial charge >= 0.3 is 0 Å².